The first-order valence-electron chi connectivity index (χ1n) is 4.84. The molecule has 0 heterocycles. The van der Waals surface area contributed by atoms with E-state index in [1.54, 1.807) is 0 Å². The highest BCUT2D eigenvalue weighted by atomic mass is 16.5. The molecule has 0 saturated carbocycles. The highest BCUT2D eigenvalue weighted by molar-refractivity contribution is 5.66. The van der Waals surface area contributed by atoms with Crippen LogP contribution in [0, 0.1) is 0 Å². The van der Waals surface area contributed by atoms with Crippen molar-refractivity contribution >= 4 is 5.97 Å². The quantitative estimate of drug-likeness (QED) is 0.455. The Hall–Kier alpha value is -0.530. The maximum absolute atomic E-state index is 10.5. The predicted molar refractivity (Wildman–Crippen MR) is 50.0 cm³/mol. The average molecular weight is 172 g/mol. The largest absolute Gasteiger partial charge is 0.463 e. The van der Waals surface area contributed by atoms with Crippen molar-refractivity contribution in [1.29, 1.82) is 0 Å². The van der Waals surface area contributed by atoms with Crippen molar-refractivity contribution in [2.24, 2.45) is 0 Å². The van der Waals surface area contributed by atoms with E-state index < -0.39 is 0 Å². The molecule has 2 heteroatoms. The van der Waals surface area contributed by atoms with E-state index in [-0.39, 0.29) is 12.1 Å². The van der Waals surface area contributed by atoms with Crippen LogP contribution in [0.2, 0.25) is 0 Å². The Balaban J connectivity index is 3.19. The van der Waals surface area contributed by atoms with Crippen molar-refractivity contribution < 1.29 is 9.53 Å². The molecule has 0 aliphatic heterocycles. The topological polar surface area (TPSA) is 26.3 Å². The number of hydrogen-bond acceptors (Lipinski definition) is 2. The SMILES string of the molecule is CCCCCC[C@@H](C)OC(C)=O. The van der Waals surface area contributed by atoms with E-state index in [1.807, 2.05) is 6.92 Å². The zero-order valence-electron chi connectivity index (χ0n) is 8.43. The lowest BCUT2D eigenvalue weighted by Gasteiger charge is -2.10. The van der Waals surface area contributed by atoms with Gasteiger partial charge < -0.3 is 4.74 Å². The number of rotatable bonds is 6. The molecule has 72 valence electrons. The molecule has 0 radical (unpaired) electrons. The molecule has 0 saturated heterocycles. The van der Waals surface area contributed by atoms with E-state index in [2.05, 4.69) is 6.92 Å². The molecule has 0 aliphatic carbocycles. The summed E-state index contributed by atoms with van der Waals surface area (Å²) in [7, 11) is 0. The van der Waals surface area contributed by atoms with Crippen LogP contribution in [0.25, 0.3) is 0 Å². The van der Waals surface area contributed by atoms with Crippen molar-refractivity contribution in [3.8, 4) is 0 Å². The minimum Gasteiger partial charge on any atom is -0.463 e. The molecule has 0 spiro atoms. The Morgan fingerprint density at radius 1 is 1.33 bits per heavy atom. The van der Waals surface area contributed by atoms with Gasteiger partial charge in [-0.15, -0.1) is 0 Å². The van der Waals surface area contributed by atoms with Crippen molar-refractivity contribution in [1.82, 2.24) is 0 Å². The molecule has 0 aliphatic rings. The minimum absolute atomic E-state index is 0.0966. The third-order valence-corrected chi connectivity index (χ3v) is 1.83. The van der Waals surface area contributed by atoms with Crippen LogP contribution in [0.4, 0.5) is 0 Å². The molecule has 0 amide bonds. The van der Waals surface area contributed by atoms with Gasteiger partial charge in [0, 0.05) is 6.92 Å². The third kappa shape index (κ3) is 7.58. The Bertz CT molecular complexity index is 121. The Labute approximate surface area is 75.3 Å². The first kappa shape index (κ1) is 11.5. The van der Waals surface area contributed by atoms with Crippen molar-refractivity contribution in [3.63, 3.8) is 0 Å². The molecule has 0 bridgehead atoms. The molecular weight excluding hydrogens is 152 g/mol. The summed E-state index contributed by atoms with van der Waals surface area (Å²) in [6.45, 7) is 5.60. The molecule has 0 rings (SSSR count). The lowest BCUT2D eigenvalue weighted by Crippen LogP contribution is -2.11. The number of unbranched alkanes of at least 4 members (excludes halogenated alkanes) is 3. The van der Waals surface area contributed by atoms with Gasteiger partial charge in [0.05, 0.1) is 6.10 Å². The lowest BCUT2D eigenvalue weighted by molar-refractivity contribution is -0.145. The fourth-order valence-corrected chi connectivity index (χ4v) is 1.20. The highest BCUT2D eigenvalue weighted by Gasteiger charge is 2.03. The molecule has 0 N–H and O–H groups in total. The summed E-state index contributed by atoms with van der Waals surface area (Å²) in [5, 5.41) is 0. The molecule has 0 aromatic rings. The van der Waals surface area contributed by atoms with Gasteiger partial charge in [-0.05, 0) is 19.8 Å². The molecule has 0 aromatic heterocycles. The standard InChI is InChI=1S/C10H20O2/c1-4-5-6-7-8-9(2)12-10(3)11/h9H,4-8H2,1-3H3/t9-/m1/s1. The lowest BCUT2D eigenvalue weighted by atomic mass is 10.1. The predicted octanol–water partition coefficient (Wildman–Crippen LogP) is 2.91. The van der Waals surface area contributed by atoms with Gasteiger partial charge in [0.25, 0.3) is 0 Å². The third-order valence-electron chi connectivity index (χ3n) is 1.83. The van der Waals surface area contributed by atoms with E-state index in [1.165, 1.54) is 32.6 Å². The molecule has 0 fully saturated rings. The van der Waals surface area contributed by atoms with Crippen LogP contribution < -0.4 is 0 Å². The van der Waals surface area contributed by atoms with E-state index in [4.69, 9.17) is 4.74 Å². The number of carbonyl (C=O) groups is 1. The Morgan fingerprint density at radius 3 is 2.50 bits per heavy atom. The van der Waals surface area contributed by atoms with Gasteiger partial charge in [-0.3, -0.25) is 4.79 Å². The van der Waals surface area contributed by atoms with Gasteiger partial charge in [0.15, 0.2) is 0 Å². The van der Waals surface area contributed by atoms with Crippen LogP contribution in [0.15, 0.2) is 0 Å². The minimum atomic E-state index is -0.169. The molecule has 1 atom stereocenters. The van der Waals surface area contributed by atoms with Crippen molar-refractivity contribution in [2.45, 2.75) is 59.0 Å². The van der Waals surface area contributed by atoms with Crippen LogP contribution in [-0.2, 0) is 9.53 Å². The van der Waals surface area contributed by atoms with Gasteiger partial charge in [-0.25, -0.2) is 0 Å². The van der Waals surface area contributed by atoms with Crippen LogP contribution in [0.5, 0.6) is 0 Å². The maximum Gasteiger partial charge on any atom is 0.302 e. The second kappa shape index (κ2) is 7.14. The van der Waals surface area contributed by atoms with Gasteiger partial charge in [-0.2, -0.15) is 0 Å². The number of hydrogen-bond donors (Lipinski definition) is 0. The molecular formula is C10H20O2. The molecule has 0 aromatic carbocycles. The zero-order valence-corrected chi connectivity index (χ0v) is 8.43. The highest BCUT2D eigenvalue weighted by Crippen LogP contribution is 2.07. The van der Waals surface area contributed by atoms with Gasteiger partial charge in [0.1, 0.15) is 0 Å². The summed E-state index contributed by atoms with van der Waals surface area (Å²) >= 11 is 0. The van der Waals surface area contributed by atoms with Gasteiger partial charge in [0.2, 0.25) is 0 Å². The summed E-state index contributed by atoms with van der Waals surface area (Å²) in [6, 6.07) is 0. The van der Waals surface area contributed by atoms with Crippen LogP contribution in [-0.4, -0.2) is 12.1 Å². The summed E-state index contributed by atoms with van der Waals surface area (Å²) in [5.74, 6) is -0.169. The second-order valence-electron chi connectivity index (χ2n) is 3.27. The fourth-order valence-electron chi connectivity index (χ4n) is 1.20. The van der Waals surface area contributed by atoms with Gasteiger partial charge >= 0.3 is 5.97 Å². The monoisotopic (exact) mass is 172 g/mol. The first-order chi connectivity index (χ1) is 5.66. The number of carbonyl (C=O) groups excluding carboxylic acids is 1. The zero-order chi connectivity index (χ0) is 9.40. The van der Waals surface area contributed by atoms with Crippen LogP contribution in [0.3, 0.4) is 0 Å². The average Bonchev–Trinajstić information content (AvgIpc) is 1.97. The smallest absolute Gasteiger partial charge is 0.302 e. The van der Waals surface area contributed by atoms with E-state index in [0.29, 0.717) is 0 Å². The number of esters is 1. The molecule has 0 unspecified atom stereocenters. The number of ether oxygens (including phenoxy) is 1. The maximum atomic E-state index is 10.5. The summed E-state index contributed by atoms with van der Waals surface area (Å²) in [5.41, 5.74) is 0. The van der Waals surface area contributed by atoms with E-state index >= 15 is 0 Å². The van der Waals surface area contributed by atoms with Crippen molar-refractivity contribution in [2.75, 3.05) is 0 Å². The van der Waals surface area contributed by atoms with Gasteiger partial charge in [-0.1, -0.05) is 26.2 Å². The van der Waals surface area contributed by atoms with Crippen LogP contribution >= 0.6 is 0 Å². The normalized spacial score (nSPS) is 12.6. The van der Waals surface area contributed by atoms with E-state index in [0.717, 1.165) is 6.42 Å². The van der Waals surface area contributed by atoms with Crippen LogP contribution in [0.1, 0.15) is 52.9 Å². The summed E-state index contributed by atoms with van der Waals surface area (Å²) < 4.78 is 4.99. The summed E-state index contributed by atoms with van der Waals surface area (Å²) in [6.07, 6.45) is 6.05. The first-order valence-corrected chi connectivity index (χ1v) is 4.84. The Morgan fingerprint density at radius 2 is 2.00 bits per heavy atom. The second-order valence-corrected chi connectivity index (χ2v) is 3.27. The summed E-state index contributed by atoms with van der Waals surface area (Å²) in [4.78, 5) is 10.5. The van der Waals surface area contributed by atoms with E-state index in [9.17, 15) is 4.79 Å². The molecule has 12 heavy (non-hydrogen) atoms. The molecule has 2 nitrogen and oxygen atoms in total. The van der Waals surface area contributed by atoms with Crippen molar-refractivity contribution in [3.05, 3.63) is 0 Å². The fraction of sp³-hybridized carbons (Fsp3) is 0.900. The Kier molecular flexibility index (Phi) is 6.82.